The van der Waals surface area contributed by atoms with E-state index in [9.17, 15) is 9.59 Å². The first-order valence-electron chi connectivity index (χ1n) is 8.66. The van der Waals surface area contributed by atoms with Gasteiger partial charge in [0, 0.05) is 17.6 Å². The molecule has 1 aliphatic heterocycles. The number of ether oxygens (including phenoxy) is 1. The predicted molar refractivity (Wildman–Crippen MR) is 97.0 cm³/mol. The van der Waals surface area contributed by atoms with Gasteiger partial charge in [-0.3, -0.25) is 9.59 Å². The molecule has 24 heavy (non-hydrogen) atoms. The van der Waals surface area contributed by atoms with Crippen molar-refractivity contribution in [2.45, 2.75) is 52.0 Å². The Kier molecular flexibility index (Phi) is 3.82. The average molecular weight is 327 g/mol. The molecule has 0 saturated carbocycles. The van der Waals surface area contributed by atoms with Crippen LogP contribution in [0.1, 0.15) is 52.2 Å². The first kappa shape index (κ1) is 16.7. The molecule has 1 heterocycles. The van der Waals surface area contributed by atoms with Crippen molar-refractivity contribution in [2.24, 2.45) is 0 Å². The van der Waals surface area contributed by atoms with Gasteiger partial charge in [0.2, 0.25) is 5.43 Å². The zero-order valence-electron chi connectivity index (χ0n) is 15.1. The number of benzene rings is 1. The quantitative estimate of drug-likeness (QED) is 0.792. The molecule has 0 bridgehead atoms. The molecule has 2 aromatic rings. The topological polar surface area (TPSA) is 46.6 Å². The molecule has 3 rings (SSSR count). The molecule has 0 N–H and O–H groups in total. The lowest BCUT2D eigenvalue weighted by Gasteiger charge is -2.46. The van der Waals surface area contributed by atoms with Gasteiger partial charge in [-0.1, -0.05) is 39.0 Å². The van der Waals surface area contributed by atoms with Crippen LogP contribution in [-0.2, 0) is 11.0 Å². The van der Waals surface area contributed by atoms with Crippen LogP contribution < -0.4 is 20.5 Å². The number of anilines is 1. The van der Waals surface area contributed by atoms with Gasteiger partial charge in [0.05, 0.1) is 17.7 Å². The van der Waals surface area contributed by atoms with Crippen molar-refractivity contribution in [3.05, 3.63) is 55.8 Å². The molecule has 0 aliphatic carbocycles. The molecule has 1 unspecified atom stereocenters. The van der Waals surface area contributed by atoms with Crippen LogP contribution in [0.25, 0.3) is 0 Å². The lowest BCUT2D eigenvalue weighted by Crippen LogP contribution is -2.57. The second-order valence-electron chi connectivity index (χ2n) is 7.16. The molecule has 2 aromatic carbocycles. The maximum Gasteiger partial charge on any atom is 0.268 e. The van der Waals surface area contributed by atoms with Crippen LogP contribution in [0.4, 0.5) is 5.69 Å². The minimum Gasteiger partial charge on any atom is -0.489 e. The Morgan fingerprint density at radius 3 is 2.33 bits per heavy atom. The Balaban J connectivity index is 2.27. The molecule has 128 valence electrons. The second-order valence-corrected chi connectivity index (χ2v) is 7.16. The molecule has 1 aliphatic rings. The van der Waals surface area contributed by atoms with Gasteiger partial charge in [-0.25, -0.2) is 0 Å². The van der Waals surface area contributed by atoms with E-state index in [1.165, 1.54) is 5.56 Å². The molecule has 0 amide bonds. The summed E-state index contributed by atoms with van der Waals surface area (Å²) in [6, 6.07) is 8.27. The van der Waals surface area contributed by atoms with E-state index in [1.54, 1.807) is 0 Å². The Morgan fingerprint density at radius 2 is 1.71 bits per heavy atom. The Hall–Kier alpha value is -2.10. The smallest absolute Gasteiger partial charge is 0.268 e. The van der Waals surface area contributed by atoms with Crippen molar-refractivity contribution < 1.29 is 4.74 Å². The largest absolute Gasteiger partial charge is 0.489 e. The van der Waals surface area contributed by atoms with Gasteiger partial charge in [0.1, 0.15) is 0 Å². The van der Waals surface area contributed by atoms with Gasteiger partial charge >= 0.3 is 0 Å². The van der Waals surface area contributed by atoms with Gasteiger partial charge in [-0.2, -0.15) is 0 Å². The van der Waals surface area contributed by atoms with Crippen molar-refractivity contribution >= 4 is 5.69 Å². The van der Waals surface area contributed by atoms with Crippen LogP contribution in [0.3, 0.4) is 0 Å². The van der Waals surface area contributed by atoms with Crippen molar-refractivity contribution in [3.8, 4) is 5.75 Å². The van der Waals surface area contributed by atoms with Crippen molar-refractivity contribution in [2.75, 3.05) is 18.1 Å². The van der Waals surface area contributed by atoms with Crippen LogP contribution >= 0.6 is 0 Å². The summed E-state index contributed by atoms with van der Waals surface area (Å²) in [7, 11) is 0. The first-order valence-corrected chi connectivity index (χ1v) is 8.66. The minimum atomic E-state index is -0.595. The first-order chi connectivity index (χ1) is 11.3. The molecular weight excluding hydrogens is 302 g/mol. The third kappa shape index (κ3) is 1.86. The fraction of sp³-hybridized carbons (Fsp3) is 0.500. The highest BCUT2D eigenvalue weighted by Gasteiger charge is 2.58. The number of hydrogen-bond acceptors (Lipinski definition) is 4. The number of hydrogen-bond donors (Lipinski definition) is 0. The SMILES string of the molecule is CCCN1c2ccccc2C(C)(C)C1(C)c1c(OCC)c(=O)c1=O. The molecule has 0 radical (unpaired) electrons. The van der Waals surface area contributed by atoms with Crippen LogP contribution in [0.5, 0.6) is 5.75 Å². The highest BCUT2D eigenvalue weighted by Crippen LogP contribution is 2.57. The summed E-state index contributed by atoms with van der Waals surface area (Å²) in [6.07, 6.45) is 0.958. The fourth-order valence-corrected chi connectivity index (χ4v) is 4.19. The maximum atomic E-state index is 12.5. The molecule has 4 heteroatoms. The van der Waals surface area contributed by atoms with E-state index in [1.807, 2.05) is 19.1 Å². The number of rotatable bonds is 5. The normalized spacial score (nSPS) is 22.0. The molecule has 0 fully saturated rings. The molecular formula is C20H25NO3. The zero-order valence-corrected chi connectivity index (χ0v) is 15.1. The standard InChI is InChI=1S/C20H25NO3/c1-6-12-21-14-11-9-8-10-13(14)19(3,4)20(21,5)15-16(22)17(23)18(15)24-7-2/h8-11H,6-7,12H2,1-5H3. The molecule has 1 atom stereocenters. The second kappa shape index (κ2) is 5.47. The Bertz CT molecular complexity index is 845. The predicted octanol–water partition coefficient (Wildman–Crippen LogP) is 3.10. The van der Waals surface area contributed by atoms with Crippen molar-refractivity contribution in [3.63, 3.8) is 0 Å². The van der Waals surface area contributed by atoms with Gasteiger partial charge in [-0.05, 0) is 31.9 Å². The number of fused-ring (bicyclic) bond motifs is 1. The molecule has 0 spiro atoms. The summed E-state index contributed by atoms with van der Waals surface area (Å²) < 4.78 is 5.55. The molecule has 0 saturated heterocycles. The van der Waals surface area contributed by atoms with E-state index in [0.29, 0.717) is 12.2 Å². The van der Waals surface area contributed by atoms with Crippen LogP contribution in [-0.4, -0.2) is 13.2 Å². The number of nitrogens with zero attached hydrogens (tertiary/aromatic N) is 1. The average Bonchev–Trinajstić information content (AvgIpc) is 2.73. The molecule has 0 aromatic heterocycles. The van der Waals surface area contributed by atoms with E-state index in [-0.39, 0.29) is 11.2 Å². The number of para-hydroxylation sites is 1. The zero-order chi connectivity index (χ0) is 17.7. The lowest BCUT2D eigenvalue weighted by molar-refractivity contribution is 0.258. The Morgan fingerprint density at radius 1 is 1.04 bits per heavy atom. The summed E-state index contributed by atoms with van der Waals surface area (Å²) in [5.74, 6) is 0.256. The molecule has 4 nitrogen and oxygen atoms in total. The summed E-state index contributed by atoms with van der Waals surface area (Å²) in [5.41, 5.74) is 1.08. The van der Waals surface area contributed by atoms with Crippen molar-refractivity contribution in [1.82, 2.24) is 0 Å². The van der Waals surface area contributed by atoms with Crippen LogP contribution in [0, 0.1) is 0 Å². The maximum absolute atomic E-state index is 12.5. The van der Waals surface area contributed by atoms with Gasteiger partial charge in [-0.15, -0.1) is 0 Å². The Labute approximate surface area is 142 Å². The van der Waals surface area contributed by atoms with E-state index in [4.69, 9.17) is 4.74 Å². The highest BCUT2D eigenvalue weighted by molar-refractivity contribution is 5.70. The van der Waals surface area contributed by atoms with E-state index >= 15 is 0 Å². The van der Waals surface area contributed by atoms with E-state index in [2.05, 4.69) is 44.7 Å². The summed E-state index contributed by atoms with van der Waals surface area (Å²) >= 11 is 0. The fourth-order valence-electron chi connectivity index (χ4n) is 4.19. The highest BCUT2D eigenvalue weighted by atomic mass is 16.5. The third-order valence-corrected chi connectivity index (χ3v) is 5.71. The van der Waals surface area contributed by atoms with Crippen molar-refractivity contribution in [1.29, 1.82) is 0 Å². The van der Waals surface area contributed by atoms with Gasteiger partial charge in [0.25, 0.3) is 5.43 Å². The minimum absolute atomic E-state index is 0.256. The van der Waals surface area contributed by atoms with Gasteiger partial charge < -0.3 is 9.64 Å². The summed E-state index contributed by atoms with van der Waals surface area (Å²) in [4.78, 5) is 26.9. The lowest BCUT2D eigenvalue weighted by atomic mass is 9.66. The summed E-state index contributed by atoms with van der Waals surface area (Å²) in [6.45, 7) is 11.5. The van der Waals surface area contributed by atoms with Crippen LogP contribution in [0.15, 0.2) is 33.9 Å². The summed E-state index contributed by atoms with van der Waals surface area (Å²) in [5, 5.41) is 0. The van der Waals surface area contributed by atoms with Crippen LogP contribution in [0.2, 0.25) is 0 Å². The van der Waals surface area contributed by atoms with Gasteiger partial charge in [0.15, 0.2) is 5.75 Å². The van der Waals surface area contributed by atoms with E-state index in [0.717, 1.165) is 18.7 Å². The monoisotopic (exact) mass is 327 g/mol. The van der Waals surface area contributed by atoms with E-state index < -0.39 is 16.4 Å². The third-order valence-electron chi connectivity index (χ3n) is 5.71.